The Kier molecular flexibility index (Phi) is 3.12. The Bertz CT molecular complexity index is 600. The van der Waals surface area contributed by atoms with Gasteiger partial charge in [0.1, 0.15) is 5.82 Å². The Morgan fingerprint density at radius 1 is 1.47 bits per heavy atom. The van der Waals surface area contributed by atoms with Gasteiger partial charge in [0.2, 0.25) is 5.95 Å². The van der Waals surface area contributed by atoms with E-state index in [2.05, 4.69) is 15.2 Å². The molecule has 1 aromatic heterocycles. The number of hydrogen-bond acceptors (Lipinski definition) is 4. The standard InChI is InChI=1S/C12H13ClFN5/c13-7-1-2-9(10(14)5-7)11-16-12(18-17-11)19-4-3-8(15)6-19/h1-2,5,8H,3-4,6,15H2,(H,16,17,18). The Morgan fingerprint density at radius 3 is 3.00 bits per heavy atom. The fourth-order valence-electron chi connectivity index (χ4n) is 2.17. The first-order chi connectivity index (χ1) is 9.13. The first-order valence-corrected chi connectivity index (χ1v) is 6.39. The van der Waals surface area contributed by atoms with Gasteiger partial charge in [0.05, 0.1) is 5.56 Å². The number of nitrogens with two attached hydrogens (primary N) is 1. The van der Waals surface area contributed by atoms with Crippen molar-refractivity contribution in [3.63, 3.8) is 0 Å². The Labute approximate surface area is 114 Å². The second kappa shape index (κ2) is 4.79. The highest BCUT2D eigenvalue weighted by Gasteiger charge is 2.23. The van der Waals surface area contributed by atoms with Gasteiger partial charge in [-0.1, -0.05) is 11.6 Å². The normalized spacial score (nSPS) is 19.1. The van der Waals surface area contributed by atoms with Crippen molar-refractivity contribution in [3.05, 3.63) is 29.0 Å². The number of rotatable bonds is 2. The molecule has 3 rings (SSSR count). The molecular formula is C12H13ClFN5. The van der Waals surface area contributed by atoms with Crippen LogP contribution in [-0.4, -0.2) is 34.3 Å². The highest BCUT2D eigenvalue weighted by atomic mass is 35.5. The third-order valence-electron chi connectivity index (χ3n) is 3.17. The molecule has 0 spiro atoms. The van der Waals surface area contributed by atoms with Crippen LogP contribution in [0.3, 0.4) is 0 Å². The highest BCUT2D eigenvalue weighted by Crippen LogP contribution is 2.24. The summed E-state index contributed by atoms with van der Waals surface area (Å²) in [6.45, 7) is 1.54. The summed E-state index contributed by atoms with van der Waals surface area (Å²) in [5.74, 6) is 0.523. The van der Waals surface area contributed by atoms with Crippen LogP contribution in [0.15, 0.2) is 18.2 Å². The van der Waals surface area contributed by atoms with Crippen LogP contribution in [0.1, 0.15) is 6.42 Å². The van der Waals surface area contributed by atoms with E-state index in [0.29, 0.717) is 22.4 Å². The van der Waals surface area contributed by atoms with Crippen molar-refractivity contribution < 1.29 is 4.39 Å². The molecule has 0 saturated carbocycles. The van der Waals surface area contributed by atoms with Crippen molar-refractivity contribution in [3.8, 4) is 11.4 Å². The van der Waals surface area contributed by atoms with E-state index in [9.17, 15) is 4.39 Å². The van der Waals surface area contributed by atoms with Crippen molar-refractivity contribution in [1.29, 1.82) is 0 Å². The number of hydrogen-bond donors (Lipinski definition) is 2. The lowest BCUT2D eigenvalue weighted by atomic mass is 10.2. The molecule has 1 aromatic carbocycles. The molecule has 0 bridgehead atoms. The Hall–Kier alpha value is -1.66. The van der Waals surface area contributed by atoms with Crippen LogP contribution < -0.4 is 10.6 Å². The van der Waals surface area contributed by atoms with Crippen LogP contribution in [-0.2, 0) is 0 Å². The Balaban J connectivity index is 1.88. The van der Waals surface area contributed by atoms with Gasteiger partial charge in [-0.25, -0.2) is 4.39 Å². The summed E-state index contributed by atoms with van der Waals surface area (Å²) in [7, 11) is 0. The number of benzene rings is 1. The smallest absolute Gasteiger partial charge is 0.245 e. The van der Waals surface area contributed by atoms with Crippen LogP contribution >= 0.6 is 11.6 Å². The van der Waals surface area contributed by atoms with Crippen molar-refractivity contribution in [1.82, 2.24) is 15.2 Å². The average Bonchev–Trinajstić information content (AvgIpc) is 2.97. The molecule has 0 aliphatic carbocycles. The molecule has 1 saturated heterocycles. The van der Waals surface area contributed by atoms with Crippen molar-refractivity contribution in [2.45, 2.75) is 12.5 Å². The summed E-state index contributed by atoms with van der Waals surface area (Å²) in [6, 6.07) is 4.60. The molecule has 0 radical (unpaired) electrons. The predicted molar refractivity (Wildman–Crippen MR) is 71.6 cm³/mol. The van der Waals surface area contributed by atoms with E-state index < -0.39 is 5.82 Å². The van der Waals surface area contributed by atoms with Crippen LogP contribution in [0.5, 0.6) is 0 Å². The number of nitrogens with zero attached hydrogens (tertiary/aromatic N) is 3. The second-order valence-electron chi connectivity index (χ2n) is 4.60. The lowest BCUT2D eigenvalue weighted by Gasteiger charge is -2.11. The lowest BCUT2D eigenvalue weighted by Crippen LogP contribution is -2.26. The van der Waals surface area contributed by atoms with Gasteiger partial charge < -0.3 is 10.6 Å². The summed E-state index contributed by atoms with van der Waals surface area (Å²) in [5.41, 5.74) is 6.19. The molecule has 1 atom stereocenters. The highest BCUT2D eigenvalue weighted by molar-refractivity contribution is 6.30. The minimum Gasteiger partial charge on any atom is -0.338 e. The summed E-state index contributed by atoms with van der Waals surface area (Å²) in [4.78, 5) is 6.29. The quantitative estimate of drug-likeness (QED) is 0.881. The minimum absolute atomic E-state index is 0.147. The maximum Gasteiger partial charge on any atom is 0.245 e. The first kappa shape index (κ1) is 12.4. The average molecular weight is 282 g/mol. The molecular weight excluding hydrogens is 269 g/mol. The zero-order chi connectivity index (χ0) is 13.4. The number of anilines is 1. The van der Waals surface area contributed by atoms with Gasteiger partial charge in [-0.3, -0.25) is 5.10 Å². The van der Waals surface area contributed by atoms with Gasteiger partial charge in [-0.2, -0.15) is 4.98 Å². The van der Waals surface area contributed by atoms with Gasteiger partial charge in [-0.15, -0.1) is 5.10 Å². The largest absolute Gasteiger partial charge is 0.338 e. The molecule has 5 nitrogen and oxygen atoms in total. The molecule has 100 valence electrons. The van der Waals surface area contributed by atoms with Crippen LogP contribution in [0, 0.1) is 5.82 Å². The van der Waals surface area contributed by atoms with Crippen molar-refractivity contribution >= 4 is 17.5 Å². The SMILES string of the molecule is NC1CCN(c2n[nH]c(-c3ccc(Cl)cc3F)n2)C1. The zero-order valence-electron chi connectivity index (χ0n) is 10.1. The van der Waals surface area contributed by atoms with Crippen LogP contribution in [0.4, 0.5) is 10.3 Å². The maximum absolute atomic E-state index is 13.8. The first-order valence-electron chi connectivity index (χ1n) is 6.02. The van der Waals surface area contributed by atoms with Gasteiger partial charge in [0, 0.05) is 24.2 Å². The number of halogens is 2. The third-order valence-corrected chi connectivity index (χ3v) is 3.40. The molecule has 19 heavy (non-hydrogen) atoms. The molecule has 1 aliphatic heterocycles. The van der Waals surface area contributed by atoms with Gasteiger partial charge in [-0.05, 0) is 24.6 Å². The van der Waals surface area contributed by atoms with E-state index in [4.69, 9.17) is 17.3 Å². The predicted octanol–water partition coefficient (Wildman–Crippen LogP) is 1.80. The van der Waals surface area contributed by atoms with E-state index in [0.717, 1.165) is 19.5 Å². The second-order valence-corrected chi connectivity index (χ2v) is 5.04. The zero-order valence-corrected chi connectivity index (χ0v) is 10.9. The molecule has 1 aliphatic rings. The summed E-state index contributed by atoms with van der Waals surface area (Å²) >= 11 is 5.72. The van der Waals surface area contributed by atoms with E-state index in [-0.39, 0.29) is 6.04 Å². The van der Waals surface area contributed by atoms with E-state index in [1.807, 2.05) is 4.90 Å². The van der Waals surface area contributed by atoms with Gasteiger partial charge in [0.15, 0.2) is 5.82 Å². The van der Waals surface area contributed by atoms with Crippen LogP contribution in [0.2, 0.25) is 5.02 Å². The van der Waals surface area contributed by atoms with Crippen molar-refractivity contribution in [2.24, 2.45) is 5.73 Å². The third kappa shape index (κ3) is 2.41. The van der Waals surface area contributed by atoms with Gasteiger partial charge in [0.25, 0.3) is 0 Å². The number of nitrogens with one attached hydrogen (secondary N) is 1. The molecule has 7 heteroatoms. The topological polar surface area (TPSA) is 70.8 Å². The van der Waals surface area contributed by atoms with Crippen molar-refractivity contribution in [2.75, 3.05) is 18.0 Å². The summed E-state index contributed by atoms with van der Waals surface area (Å²) in [6.07, 6.45) is 0.916. The van der Waals surface area contributed by atoms with E-state index >= 15 is 0 Å². The maximum atomic E-state index is 13.8. The molecule has 0 amide bonds. The molecule has 1 fully saturated rings. The van der Waals surface area contributed by atoms with E-state index in [1.165, 1.54) is 6.07 Å². The molecule has 3 N–H and O–H groups in total. The fraction of sp³-hybridized carbons (Fsp3) is 0.333. The van der Waals surface area contributed by atoms with Gasteiger partial charge >= 0.3 is 0 Å². The number of aromatic amines is 1. The molecule has 2 heterocycles. The Morgan fingerprint density at radius 2 is 2.32 bits per heavy atom. The summed E-state index contributed by atoms with van der Waals surface area (Å²) < 4.78 is 13.8. The molecule has 2 aromatic rings. The number of aromatic nitrogens is 3. The molecule has 1 unspecified atom stereocenters. The number of H-pyrrole nitrogens is 1. The van der Waals surface area contributed by atoms with E-state index in [1.54, 1.807) is 12.1 Å². The fourth-order valence-corrected chi connectivity index (χ4v) is 2.32. The summed E-state index contributed by atoms with van der Waals surface area (Å²) in [5, 5.41) is 7.21. The lowest BCUT2D eigenvalue weighted by molar-refractivity contribution is 0.630. The van der Waals surface area contributed by atoms with Crippen LogP contribution in [0.25, 0.3) is 11.4 Å². The monoisotopic (exact) mass is 281 g/mol. The minimum atomic E-state index is -0.423.